The molecule has 2 amide bonds. The van der Waals surface area contributed by atoms with E-state index in [1.165, 1.54) is 24.3 Å². The first-order valence-electron chi connectivity index (χ1n) is 11.3. The summed E-state index contributed by atoms with van der Waals surface area (Å²) in [7, 11) is 1.69. The molecule has 1 saturated heterocycles. The van der Waals surface area contributed by atoms with Crippen molar-refractivity contribution < 1.29 is 27.2 Å². The van der Waals surface area contributed by atoms with Crippen molar-refractivity contribution in [3.8, 4) is 0 Å². The lowest BCUT2D eigenvalue weighted by Gasteiger charge is -2.40. The van der Waals surface area contributed by atoms with Gasteiger partial charge in [0, 0.05) is 50.3 Å². The van der Waals surface area contributed by atoms with Crippen LogP contribution in [0, 0.1) is 29.2 Å². The summed E-state index contributed by atoms with van der Waals surface area (Å²) in [5.41, 5.74) is 0.324. The summed E-state index contributed by atoms with van der Waals surface area (Å²) in [4.78, 5) is 28.2. The van der Waals surface area contributed by atoms with E-state index in [4.69, 9.17) is 0 Å². The van der Waals surface area contributed by atoms with Gasteiger partial charge in [0.2, 0.25) is 11.8 Å². The van der Waals surface area contributed by atoms with E-state index in [0.29, 0.717) is 37.9 Å². The van der Waals surface area contributed by atoms with Gasteiger partial charge in [-0.05, 0) is 61.1 Å². The lowest BCUT2D eigenvalue weighted by atomic mass is 9.84. The third kappa shape index (κ3) is 6.24. The Kier molecular flexibility index (Phi) is 8.47. The molecule has 3 rings (SSSR count). The number of hydrogen-bond donors (Lipinski definition) is 0. The van der Waals surface area contributed by atoms with Gasteiger partial charge >= 0.3 is 0 Å². The molecule has 34 heavy (non-hydrogen) atoms. The van der Waals surface area contributed by atoms with Crippen molar-refractivity contribution in [3.05, 3.63) is 76.9 Å². The number of likely N-dealkylation sites (N-methyl/N-ethyl adjacent to an activating group) is 1. The molecule has 4 nitrogen and oxygen atoms in total. The number of carbonyl (C=O) groups is 2. The Labute approximate surface area is 196 Å². The monoisotopic (exact) mass is 476 g/mol. The number of amides is 2. The molecular formula is C26H28F4N2O2. The van der Waals surface area contributed by atoms with Gasteiger partial charge in [0.15, 0.2) is 0 Å². The number of piperidine rings is 1. The molecule has 1 heterocycles. The van der Waals surface area contributed by atoms with Crippen LogP contribution in [0.2, 0.25) is 0 Å². The van der Waals surface area contributed by atoms with Crippen molar-refractivity contribution in [2.24, 2.45) is 5.92 Å². The first-order valence-corrected chi connectivity index (χ1v) is 11.3. The topological polar surface area (TPSA) is 40.6 Å². The zero-order valence-electron chi connectivity index (χ0n) is 19.2. The molecule has 0 aromatic heterocycles. The summed E-state index contributed by atoms with van der Waals surface area (Å²) in [5.74, 6) is -2.91. The van der Waals surface area contributed by atoms with Gasteiger partial charge in [0.05, 0.1) is 0 Å². The highest BCUT2D eigenvalue weighted by Crippen LogP contribution is 2.28. The Bertz CT molecular complexity index is 1060. The summed E-state index contributed by atoms with van der Waals surface area (Å²) in [6.07, 6.45) is 4.19. The van der Waals surface area contributed by atoms with E-state index in [1.807, 2.05) is 0 Å². The average Bonchev–Trinajstić information content (AvgIpc) is 2.83. The van der Waals surface area contributed by atoms with Crippen molar-refractivity contribution >= 4 is 17.9 Å². The van der Waals surface area contributed by atoms with Crippen LogP contribution in [-0.2, 0) is 16.0 Å². The van der Waals surface area contributed by atoms with Crippen LogP contribution in [0.1, 0.15) is 37.3 Å². The van der Waals surface area contributed by atoms with Crippen LogP contribution < -0.4 is 0 Å². The van der Waals surface area contributed by atoms with E-state index in [9.17, 15) is 27.2 Å². The fourth-order valence-corrected chi connectivity index (χ4v) is 4.38. The molecule has 1 unspecified atom stereocenters. The zero-order chi connectivity index (χ0) is 24.8. The van der Waals surface area contributed by atoms with Crippen LogP contribution in [0.25, 0.3) is 6.08 Å². The van der Waals surface area contributed by atoms with E-state index in [2.05, 4.69) is 0 Å². The minimum absolute atomic E-state index is 0.00988. The summed E-state index contributed by atoms with van der Waals surface area (Å²) in [5, 5.41) is 0. The quantitative estimate of drug-likeness (QED) is 0.418. The normalized spacial score (nSPS) is 15.5. The molecule has 2 aromatic carbocycles. The Hall–Kier alpha value is -3.16. The third-order valence-electron chi connectivity index (χ3n) is 6.40. The van der Waals surface area contributed by atoms with Gasteiger partial charge in [0.1, 0.15) is 23.3 Å². The second kappa shape index (κ2) is 11.3. The van der Waals surface area contributed by atoms with Crippen LogP contribution >= 0.6 is 0 Å². The number of rotatable bonds is 7. The van der Waals surface area contributed by atoms with Gasteiger partial charge in [0.25, 0.3) is 0 Å². The van der Waals surface area contributed by atoms with Crippen LogP contribution in [0.3, 0.4) is 0 Å². The molecule has 0 saturated carbocycles. The van der Waals surface area contributed by atoms with Crippen molar-refractivity contribution in [3.63, 3.8) is 0 Å². The molecule has 2 aromatic rings. The second-order valence-electron chi connectivity index (χ2n) is 8.53. The number of carbonyl (C=O) groups excluding carboxylic acids is 2. The Morgan fingerprint density at radius 2 is 1.68 bits per heavy atom. The maximum absolute atomic E-state index is 14.3. The SMILES string of the molecule is CCC(=O)N(C)C(Cc1ccc(F)cc1F)C1CCN(C(=O)C=Cc2cc(F)ccc2F)CC1. The molecule has 0 radical (unpaired) electrons. The predicted octanol–water partition coefficient (Wildman–Crippen LogP) is 4.97. The standard InChI is InChI=1S/C26H28F4N2O2/c1-3-25(33)31(2)24(15-19-4-6-21(28)16-23(19)30)17-10-12-32(13-11-17)26(34)9-5-18-14-20(27)7-8-22(18)29/h4-9,14,16-17,24H,3,10-13,15H2,1-2H3. The molecule has 0 N–H and O–H groups in total. The summed E-state index contributed by atoms with van der Waals surface area (Å²) < 4.78 is 54.7. The van der Waals surface area contributed by atoms with Crippen LogP contribution in [0.15, 0.2) is 42.5 Å². The lowest BCUT2D eigenvalue weighted by Crippen LogP contribution is -2.48. The smallest absolute Gasteiger partial charge is 0.246 e. The fourth-order valence-electron chi connectivity index (χ4n) is 4.38. The van der Waals surface area contributed by atoms with Crippen LogP contribution in [0.4, 0.5) is 17.6 Å². The Morgan fingerprint density at radius 3 is 2.32 bits per heavy atom. The van der Waals surface area contributed by atoms with Crippen molar-refractivity contribution in [2.75, 3.05) is 20.1 Å². The summed E-state index contributed by atoms with van der Waals surface area (Å²) >= 11 is 0. The molecule has 0 spiro atoms. The Balaban J connectivity index is 1.68. The lowest BCUT2D eigenvalue weighted by molar-refractivity contribution is -0.134. The van der Waals surface area contributed by atoms with E-state index in [-0.39, 0.29) is 35.8 Å². The summed E-state index contributed by atoms with van der Waals surface area (Å²) in [6.45, 7) is 2.58. The first kappa shape index (κ1) is 25.5. The molecular weight excluding hydrogens is 448 g/mol. The number of benzene rings is 2. The molecule has 0 bridgehead atoms. The van der Waals surface area contributed by atoms with Gasteiger partial charge < -0.3 is 9.80 Å². The minimum atomic E-state index is -0.659. The van der Waals surface area contributed by atoms with Gasteiger partial charge in [-0.2, -0.15) is 0 Å². The molecule has 1 aliphatic rings. The van der Waals surface area contributed by atoms with Gasteiger partial charge in [-0.25, -0.2) is 17.6 Å². The second-order valence-corrected chi connectivity index (χ2v) is 8.53. The van der Waals surface area contributed by atoms with E-state index in [0.717, 1.165) is 24.3 Å². The first-order chi connectivity index (χ1) is 16.2. The molecule has 1 atom stereocenters. The van der Waals surface area contributed by atoms with Crippen LogP contribution in [0.5, 0.6) is 0 Å². The van der Waals surface area contributed by atoms with E-state index >= 15 is 0 Å². The van der Waals surface area contributed by atoms with Gasteiger partial charge in [-0.1, -0.05) is 13.0 Å². The number of hydrogen-bond acceptors (Lipinski definition) is 2. The maximum atomic E-state index is 14.3. The van der Waals surface area contributed by atoms with Crippen molar-refractivity contribution in [1.29, 1.82) is 0 Å². The predicted molar refractivity (Wildman–Crippen MR) is 122 cm³/mol. The number of likely N-dealkylation sites (tertiary alicyclic amines) is 1. The van der Waals surface area contributed by atoms with Crippen molar-refractivity contribution in [1.82, 2.24) is 9.80 Å². The van der Waals surface area contributed by atoms with Gasteiger partial charge in [-0.15, -0.1) is 0 Å². The molecule has 8 heteroatoms. The Morgan fingerprint density at radius 1 is 1.03 bits per heavy atom. The van der Waals surface area contributed by atoms with E-state index < -0.39 is 23.3 Å². The van der Waals surface area contributed by atoms with Gasteiger partial charge in [-0.3, -0.25) is 9.59 Å². The molecule has 182 valence electrons. The average molecular weight is 477 g/mol. The fraction of sp³-hybridized carbons (Fsp3) is 0.385. The summed E-state index contributed by atoms with van der Waals surface area (Å²) in [6, 6.07) is 6.16. The maximum Gasteiger partial charge on any atom is 0.246 e. The molecule has 1 fully saturated rings. The molecule has 1 aliphatic heterocycles. The highest BCUT2D eigenvalue weighted by atomic mass is 19.1. The highest BCUT2D eigenvalue weighted by molar-refractivity contribution is 5.91. The van der Waals surface area contributed by atoms with Crippen LogP contribution in [-0.4, -0.2) is 47.8 Å². The van der Waals surface area contributed by atoms with Crippen molar-refractivity contribution in [2.45, 2.75) is 38.6 Å². The zero-order valence-corrected chi connectivity index (χ0v) is 19.2. The minimum Gasteiger partial charge on any atom is -0.342 e. The van der Waals surface area contributed by atoms with E-state index in [1.54, 1.807) is 23.8 Å². The largest absolute Gasteiger partial charge is 0.342 e. The molecule has 0 aliphatic carbocycles. The number of nitrogens with zero attached hydrogens (tertiary/aromatic N) is 2. The number of halogens is 4. The highest BCUT2D eigenvalue weighted by Gasteiger charge is 2.32. The third-order valence-corrected chi connectivity index (χ3v) is 6.40.